The molecule has 0 spiro atoms. The van der Waals surface area contributed by atoms with Crippen LogP contribution in [0.5, 0.6) is 5.75 Å². The van der Waals surface area contributed by atoms with Crippen LogP contribution >= 0.6 is 0 Å². The topological polar surface area (TPSA) is 75.3 Å². The maximum Gasteiger partial charge on any atom is 0.254 e. The van der Waals surface area contributed by atoms with Crippen molar-refractivity contribution in [1.29, 1.82) is 0 Å². The summed E-state index contributed by atoms with van der Waals surface area (Å²) in [5.41, 5.74) is 3.58. The number of aromatic amines is 1. The number of ether oxygens (including phenoxy) is 1. The molecule has 31 heavy (non-hydrogen) atoms. The van der Waals surface area contributed by atoms with Gasteiger partial charge >= 0.3 is 0 Å². The molecule has 0 aliphatic carbocycles. The summed E-state index contributed by atoms with van der Waals surface area (Å²) in [6.07, 6.45) is 3.41. The highest BCUT2D eigenvalue weighted by molar-refractivity contribution is 5.94. The Labute approximate surface area is 180 Å². The number of rotatable bonds is 6. The first-order chi connectivity index (χ1) is 15.0. The Balaban J connectivity index is 1.72. The molecule has 2 aromatic heterocycles. The average Bonchev–Trinajstić information content (AvgIpc) is 2.79. The second-order valence-corrected chi connectivity index (χ2v) is 7.47. The van der Waals surface area contributed by atoms with Crippen molar-refractivity contribution in [2.75, 3.05) is 7.11 Å². The minimum atomic E-state index is -0.203. The summed E-state index contributed by atoms with van der Waals surface area (Å²) in [7, 11) is 1.56. The first-order valence-electron chi connectivity index (χ1n) is 9.98. The van der Waals surface area contributed by atoms with Crippen molar-refractivity contribution in [2.24, 2.45) is 0 Å². The molecule has 0 saturated heterocycles. The minimum absolute atomic E-state index is 0.171. The molecule has 1 N–H and O–H groups in total. The highest BCUT2D eigenvalue weighted by Gasteiger charge is 2.19. The number of carbonyl (C=O) groups excluding carboxylic acids is 1. The predicted molar refractivity (Wildman–Crippen MR) is 120 cm³/mol. The van der Waals surface area contributed by atoms with Gasteiger partial charge in [-0.25, -0.2) is 0 Å². The van der Waals surface area contributed by atoms with Crippen LogP contribution < -0.4 is 10.3 Å². The summed E-state index contributed by atoms with van der Waals surface area (Å²) in [5, 5.41) is 0.935. The van der Waals surface area contributed by atoms with Gasteiger partial charge in [0.25, 0.3) is 11.5 Å². The summed E-state index contributed by atoms with van der Waals surface area (Å²) in [4.78, 5) is 34.9. The smallest absolute Gasteiger partial charge is 0.254 e. The number of carbonyl (C=O) groups is 1. The van der Waals surface area contributed by atoms with E-state index >= 15 is 0 Å². The highest BCUT2D eigenvalue weighted by atomic mass is 16.5. The lowest BCUT2D eigenvalue weighted by Crippen LogP contribution is -2.32. The molecule has 4 aromatic rings. The molecule has 0 aliphatic heterocycles. The van der Waals surface area contributed by atoms with Crippen LogP contribution in [0.4, 0.5) is 0 Å². The Bertz CT molecular complexity index is 1280. The van der Waals surface area contributed by atoms with Gasteiger partial charge in [0.15, 0.2) is 0 Å². The Morgan fingerprint density at radius 3 is 2.71 bits per heavy atom. The van der Waals surface area contributed by atoms with Gasteiger partial charge in [-0.1, -0.05) is 23.8 Å². The van der Waals surface area contributed by atoms with Crippen LogP contribution in [0, 0.1) is 6.92 Å². The number of nitrogens with zero attached hydrogens (tertiary/aromatic N) is 2. The summed E-state index contributed by atoms with van der Waals surface area (Å²) in [6.45, 7) is 2.50. The third-order valence-corrected chi connectivity index (χ3v) is 5.14. The number of nitrogens with one attached hydrogen (secondary N) is 1. The van der Waals surface area contributed by atoms with Crippen molar-refractivity contribution in [2.45, 2.75) is 20.0 Å². The van der Waals surface area contributed by atoms with Gasteiger partial charge in [-0.15, -0.1) is 0 Å². The van der Waals surface area contributed by atoms with Crippen LogP contribution in [0.25, 0.3) is 10.9 Å². The zero-order chi connectivity index (χ0) is 21.8. The SMILES string of the molecule is COc1cccc(C(=O)N(Cc2cccnc2)Cc2cc3cc(C)ccc3[nH]c2=O)c1. The molecule has 0 fully saturated rings. The average molecular weight is 413 g/mol. The molecule has 0 atom stereocenters. The molecule has 2 aromatic carbocycles. The zero-order valence-corrected chi connectivity index (χ0v) is 17.5. The third-order valence-electron chi connectivity index (χ3n) is 5.14. The van der Waals surface area contributed by atoms with Gasteiger partial charge in [0.05, 0.1) is 13.7 Å². The van der Waals surface area contributed by atoms with E-state index in [-0.39, 0.29) is 18.0 Å². The van der Waals surface area contributed by atoms with Crippen LogP contribution in [0.2, 0.25) is 0 Å². The lowest BCUT2D eigenvalue weighted by molar-refractivity contribution is 0.0729. The predicted octanol–water partition coefficient (Wildman–Crippen LogP) is 4.08. The summed E-state index contributed by atoms with van der Waals surface area (Å²) in [6, 6.07) is 18.5. The summed E-state index contributed by atoms with van der Waals surface area (Å²) < 4.78 is 5.26. The molecule has 6 heteroatoms. The van der Waals surface area contributed by atoms with Gasteiger partial charge in [-0.05, 0) is 60.3 Å². The normalized spacial score (nSPS) is 10.8. The van der Waals surface area contributed by atoms with E-state index in [9.17, 15) is 9.59 Å². The lowest BCUT2D eigenvalue weighted by Gasteiger charge is -2.23. The lowest BCUT2D eigenvalue weighted by atomic mass is 10.1. The Morgan fingerprint density at radius 2 is 1.94 bits per heavy atom. The Kier molecular flexibility index (Phi) is 5.80. The number of aromatic nitrogens is 2. The molecule has 0 unspecified atom stereocenters. The van der Waals surface area contributed by atoms with E-state index in [0.29, 0.717) is 23.4 Å². The molecule has 0 bridgehead atoms. The molecule has 0 radical (unpaired) electrons. The van der Waals surface area contributed by atoms with Crippen molar-refractivity contribution in [3.8, 4) is 5.75 Å². The Morgan fingerprint density at radius 1 is 1.06 bits per heavy atom. The molecule has 156 valence electrons. The molecule has 0 aliphatic rings. The van der Waals surface area contributed by atoms with Crippen LogP contribution in [0.1, 0.15) is 27.0 Å². The number of benzene rings is 2. The fourth-order valence-corrected chi connectivity index (χ4v) is 3.54. The van der Waals surface area contributed by atoms with Gasteiger partial charge < -0.3 is 14.6 Å². The standard InChI is InChI=1S/C25H23N3O3/c1-17-8-9-23-20(11-17)12-21(24(29)27-23)16-28(15-18-5-4-10-26-14-18)25(30)19-6-3-7-22(13-19)31-2/h3-14H,15-16H2,1-2H3,(H,27,29). The van der Waals surface area contributed by atoms with Crippen molar-refractivity contribution >= 4 is 16.8 Å². The fraction of sp³-hybridized carbons (Fsp3) is 0.160. The maximum atomic E-state index is 13.4. The van der Waals surface area contributed by atoms with Gasteiger partial charge in [-0.3, -0.25) is 14.6 Å². The summed E-state index contributed by atoms with van der Waals surface area (Å²) in [5.74, 6) is 0.415. The third kappa shape index (κ3) is 4.64. The fourth-order valence-electron chi connectivity index (χ4n) is 3.54. The summed E-state index contributed by atoms with van der Waals surface area (Å²) >= 11 is 0. The van der Waals surface area contributed by atoms with Crippen molar-refractivity contribution < 1.29 is 9.53 Å². The molecule has 4 rings (SSSR count). The van der Waals surface area contributed by atoms with E-state index in [0.717, 1.165) is 22.0 Å². The number of fused-ring (bicyclic) bond motifs is 1. The quantitative estimate of drug-likeness (QED) is 0.517. The first-order valence-corrected chi connectivity index (χ1v) is 9.98. The largest absolute Gasteiger partial charge is 0.497 e. The first kappa shape index (κ1) is 20.3. The van der Waals surface area contributed by atoms with Crippen LogP contribution in [0.15, 0.2) is 77.9 Å². The second kappa shape index (κ2) is 8.83. The van der Waals surface area contributed by atoms with E-state index < -0.39 is 0 Å². The number of amides is 1. The maximum absolute atomic E-state index is 13.4. The van der Waals surface area contributed by atoms with Gasteiger partial charge in [-0.2, -0.15) is 0 Å². The number of methoxy groups -OCH3 is 1. The number of hydrogen-bond acceptors (Lipinski definition) is 4. The van der Waals surface area contributed by atoms with Crippen LogP contribution in [0.3, 0.4) is 0 Å². The highest BCUT2D eigenvalue weighted by Crippen LogP contribution is 2.19. The molecule has 1 amide bonds. The molecular weight excluding hydrogens is 390 g/mol. The van der Waals surface area contributed by atoms with Crippen molar-refractivity contribution in [3.63, 3.8) is 0 Å². The van der Waals surface area contributed by atoms with E-state index in [1.54, 1.807) is 48.7 Å². The molecular formula is C25H23N3O3. The van der Waals surface area contributed by atoms with E-state index in [2.05, 4.69) is 9.97 Å². The molecule has 0 saturated carbocycles. The Hall–Kier alpha value is -3.93. The van der Waals surface area contributed by atoms with Gasteiger partial charge in [0, 0.05) is 35.6 Å². The minimum Gasteiger partial charge on any atom is -0.497 e. The number of aryl methyl sites for hydroxylation is 1. The number of hydrogen-bond donors (Lipinski definition) is 1. The monoisotopic (exact) mass is 413 g/mol. The molecule has 2 heterocycles. The molecule has 6 nitrogen and oxygen atoms in total. The van der Waals surface area contributed by atoms with E-state index in [1.807, 2.05) is 43.3 Å². The zero-order valence-electron chi connectivity index (χ0n) is 17.5. The van der Waals surface area contributed by atoms with Crippen LogP contribution in [-0.2, 0) is 13.1 Å². The van der Waals surface area contributed by atoms with Crippen molar-refractivity contribution in [1.82, 2.24) is 14.9 Å². The second-order valence-electron chi connectivity index (χ2n) is 7.47. The number of H-pyrrole nitrogens is 1. The van der Waals surface area contributed by atoms with Gasteiger partial charge in [0.2, 0.25) is 0 Å². The van der Waals surface area contributed by atoms with Gasteiger partial charge in [0.1, 0.15) is 5.75 Å². The van der Waals surface area contributed by atoms with Crippen molar-refractivity contribution in [3.05, 3.63) is 106 Å². The van der Waals surface area contributed by atoms with E-state index in [1.165, 1.54) is 0 Å². The van der Waals surface area contributed by atoms with Crippen LogP contribution in [-0.4, -0.2) is 27.9 Å². The number of pyridine rings is 2. The van der Waals surface area contributed by atoms with E-state index in [4.69, 9.17) is 4.74 Å².